The molecule has 0 aromatic heterocycles. The van der Waals surface area contributed by atoms with Gasteiger partial charge in [-0.05, 0) is 31.7 Å². The molecule has 0 aliphatic heterocycles. The van der Waals surface area contributed by atoms with Crippen LogP contribution in [0.15, 0.2) is 0 Å². The number of nitrogens with one attached hydrogen (secondary N) is 3. The van der Waals surface area contributed by atoms with Gasteiger partial charge in [0.05, 0.1) is 13.0 Å². The van der Waals surface area contributed by atoms with Gasteiger partial charge in [-0.3, -0.25) is 19.2 Å². The number of nitrogens with two attached hydrogens (primary N) is 3. The van der Waals surface area contributed by atoms with E-state index in [1.54, 1.807) is 13.8 Å². The molecule has 4 unspecified atom stereocenters. The number of aliphatic hydroxyl groups is 1. The summed E-state index contributed by atoms with van der Waals surface area (Å²) in [5, 5.41) is 25.3. The van der Waals surface area contributed by atoms with Crippen molar-refractivity contribution in [2.75, 3.05) is 13.2 Å². The number of primary amides is 1. The van der Waals surface area contributed by atoms with E-state index < -0.39 is 72.7 Å². The first-order valence-corrected chi connectivity index (χ1v) is 9.93. The molecule has 13 nitrogen and oxygen atoms in total. The molecule has 0 rings (SSSR count). The molecule has 4 amide bonds. The predicted molar refractivity (Wildman–Crippen MR) is 110 cm³/mol. The van der Waals surface area contributed by atoms with Crippen LogP contribution >= 0.6 is 0 Å². The maximum atomic E-state index is 12.6. The molecular formula is C18H34N6O7. The van der Waals surface area contributed by atoms with Crippen molar-refractivity contribution < 1.29 is 34.2 Å². The highest BCUT2D eigenvalue weighted by atomic mass is 16.4. The number of hydrogen-bond donors (Lipinski definition) is 8. The van der Waals surface area contributed by atoms with Gasteiger partial charge in [-0.2, -0.15) is 0 Å². The molecule has 0 fully saturated rings. The van der Waals surface area contributed by atoms with Crippen molar-refractivity contribution in [3.8, 4) is 0 Å². The van der Waals surface area contributed by atoms with Crippen LogP contribution in [-0.2, 0) is 24.0 Å². The number of carboxylic acid groups (broad SMARTS) is 1. The van der Waals surface area contributed by atoms with E-state index in [0.717, 1.165) is 0 Å². The zero-order chi connectivity index (χ0) is 24.1. The van der Waals surface area contributed by atoms with E-state index in [9.17, 15) is 29.1 Å². The molecule has 0 aromatic carbocycles. The first-order chi connectivity index (χ1) is 14.4. The first kappa shape index (κ1) is 28.2. The van der Waals surface area contributed by atoms with Gasteiger partial charge in [-0.1, -0.05) is 13.8 Å². The average Bonchev–Trinajstić information content (AvgIpc) is 2.68. The van der Waals surface area contributed by atoms with Crippen LogP contribution in [0.25, 0.3) is 0 Å². The number of carbonyl (C=O) groups excluding carboxylic acids is 4. The predicted octanol–water partition coefficient (Wildman–Crippen LogP) is -3.49. The molecule has 0 aliphatic carbocycles. The van der Waals surface area contributed by atoms with Crippen molar-refractivity contribution in [2.24, 2.45) is 23.1 Å². The van der Waals surface area contributed by atoms with Gasteiger partial charge >= 0.3 is 5.97 Å². The maximum absolute atomic E-state index is 12.6. The fourth-order valence-corrected chi connectivity index (χ4v) is 2.57. The number of unbranched alkanes of at least 4 members (excludes halogenated alkanes) is 1. The summed E-state index contributed by atoms with van der Waals surface area (Å²) in [5.41, 5.74) is 15.9. The molecular weight excluding hydrogens is 412 g/mol. The van der Waals surface area contributed by atoms with Crippen molar-refractivity contribution in [1.29, 1.82) is 0 Å². The lowest BCUT2D eigenvalue weighted by Gasteiger charge is -2.26. The summed E-state index contributed by atoms with van der Waals surface area (Å²) in [7, 11) is 0. The van der Waals surface area contributed by atoms with E-state index >= 15 is 0 Å². The lowest BCUT2D eigenvalue weighted by molar-refractivity contribution is -0.143. The lowest BCUT2D eigenvalue weighted by Crippen LogP contribution is -2.59. The van der Waals surface area contributed by atoms with Crippen molar-refractivity contribution in [3.63, 3.8) is 0 Å². The minimum Gasteiger partial charge on any atom is -0.480 e. The highest BCUT2D eigenvalue weighted by molar-refractivity contribution is 5.96. The molecule has 0 heterocycles. The Bertz CT molecular complexity index is 643. The number of aliphatic hydroxyl groups excluding tert-OH is 1. The minimum atomic E-state index is -1.43. The molecule has 11 N–H and O–H groups in total. The minimum absolute atomic E-state index is 0.163. The van der Waals surface area contributed by atoms with Crippen molar-refractivity contribution in [2.45, 2.75) is 63.7 Å². The first-order valence-electron chi connectivity index (χ1n) is 9.93. The number of hydrogen-bond acceptors (Lipinski definition) is 8. The van der Waals surface area contributed by atoms with Crippen LogP contribution in [0.5, 0.6) is 0 Å². The number of carboxylic acids is 1. The Morgan fingerprint density at radius 3 is 1.94 bits per heavy atom. The average molecular weight is 447 g/mol. The maximum Gasteiger partial charge on any atom is 0.326 e. The second-order valence-electron chi connectivity index (χ2n) is 7.43. The summed E-state index contributed by atoms with van der Waals surface area (Å²) >= 11 is 0. The van der Waals surface area contributed by atoms with Crippen LogP contribution in [0, 0.1) is 5.92 Å². The third kappa shape index (κ3) is 10.7. The van der Waals surface area contributed by atoms with Gasteiger partial charge in [-0.15, -0.1) is 0 Å². The Morgan fingerprint density at radius 1 is 0.903 bits per heavy atom. The van der Waals surface area contributed by atoms with E-state index in [1.165, 1.54) is 0 Å². The Hall–Kier alpha value is -2.77. The summed E-state index contributed by atoms with van der Waals surface area (Å²) in [4.78, 5) is 59.9. The fraction of sp³-hybridized carbons (Fsp3) is 0.722. The number of aliphatic carboxylic acids is 1. The normalized spacial score (nSPS) is 14.8. The van der Waals surface area contributed by atoms with Gasteiger partial charge in [0.15, 0.2) is 0 Å². The summed E-state index contributed by atoms with van der Waals surface area (Å²) in [6.07, 6.45) is 0.675. The van der Waals surface area contributed by atoms with Gasteiger partial charge < -0.3 is 43.4 Å². The van der Waals surface area contributed by atoms with E-state index in [2.05, 4.69) is 16.0 Å². The largest absolute Gasteiger partial charge is 0.480 e. The zero-order valence-corrected chi connectivity index (χ0v) is 17.8. The number of rotatable bonds is 15. The zero-order valence-electron chi connectivity index (χ0n) is 17.8. The summed E-state index contributed by atoms with van der Waals surface area (Å²) in [6, 6.07) is -5.07. The van der Waals surface area contributed by atoms with Crippen LogP contribution in [0.2, 0.25) is 0 Å². The highest BCUT2D eigenvalue weighted by Gasteiger charge is 2.32. The SMILES string of the molecule is CC(C)C(NC(=O)C(CC(N)=O)NC(=O)C(N)CO)C(=O)NC(CCCCN)C(=O)O. The molecule has 0 saturated carbocycles. The van der Waals surface area contributed by atoms with Gasteiger partial charge in [0.2, 0.25) is 23.6 Å². The third-order valence-corrected chi connectivity index (χ3v) is 4.38. The van der Waals surface area contributed by atoms with Crippen molar-refractivity contribution in [1.82, 2.24) is 16.0 Å². The molecule has 0 saturated heterocycles. The fourth-order valence-electron chi connectivity index (χ4n) is 2.57. The monoisotopic (exact) mass is 446 g/mol. The Kier molecular flexibility index (Phi) is 13.0. The van der Waals surface area contributed by atoms with Gasteiger partial charge in [0, 0.05) is 0 Å². The second-order valence-corrected chi connectivity index (χ2v) is 7.43. The Morgan fingerprint density at radius 2 is 1.48 bits per heavy atom. The molecule has 0 aromatic rings. The van der Waals surface area contributed by atoms with Crippen LogP contribution in [-0.4, -0.2) is 77.1 Å². The molecule has 0 bridgehead atoms. The van der Waals surface area contributed by atoms with E-state index in [0.29, 0.717) is 19.4 Å². The van der Waals surface area contributed by atoms with Gasteiger partial charge in [-0.25, -0.2) is 4.79 Å². The molecule has 178 valence electrons. The second kappa shape index (κ2) is 14.3. The van der Waals surface area contributed by atoms with Crippen LogP contribution < -0.4 is 33.2 Å². The standard InChI is InChI=1S/C18H34N6O7/c1-9(2)14(17(29)22-11(18(30)31)5-3-4-6-19)24-16(28)12(7-13(21)26)23-15(27)10(20)8-25/h9-12,14,25H,3-8,19-20H2,1-2H3,(H2,21,26)(H,22,29)(H,23,27)(H,24,28)(H,30,31). The molecule has 13 heteroatoms. The smallest absolute Gasteiger partial charge is 0.326 e. The molecule has 4 atom stereocenters. The molecule has 0 spiro atoms. The quantitative estimate of drug-likeness (QED) is 0.116. The number of amides is 4. The Labute approximate surface area is 180 Å². The topological polar surface area (TPSA) is 240 Å². The lowest BCUT2D eigenvalue weighted by atomic mass is 10.0. The number of carbonyl (C=O) groups is 5. The van der Waals surface area contributed by atoms with Crippen LogP contribution in [0.4, 0.5) is 0 Å². The summed E-state index contributed by atoms with van der Waals surface area (Å²) < 4.78 is 0. The van der Waals surface area contributed by atoms with Crippen LogP contribution in [0.3, 0.4) is 0 Å². The van der Waals surface area contributed by atoms with Gasteiger partial charge in [0.1, 0.15) is 24.2 Å². The van der Waals surface area contributed by atoms with E-state index in [4.69, 9.17) is 22.3 Å². The Balaban J connectivity index is 5.33. The molecule has 0 aliphatic rings. The molecule has 0 radical (unpaired) electrons. The summed E-state index contributed by atoms with van der Waals surface area (Å²) in [6.45, 7) is 2.95. The van der Waals surface area contributed by atoms with E-state index in [1.807, 2.05) is 0 Å². The van der Waals surface area contributed by atoms with Crippen LogP contribution in [0.1, 0.15) is 39.5 Å². The summed E-state index contributed by atoms with van der Waals surface area (Å²) in [5.74, 6) is -5.08. The molecule has 31 heavy (non-hydrogen) atoms. The highest BCUT2D eigenvalue weighted by Crippen LogP contribution is 2.07. The van der Waals surface area contributed by atoms with Gasteiger partial charge in [0.25, 0.3) is 0 Å². The van der Waals surface area contributed by atoms with Crippen molar-refractivity contribution >= 4 is 29.6 Å². The van der Waals surface area contributed by atoms with E-state index in [-0.39, 0.29) is 6.42 Å². The van der Waals surface area contributed by atoms with Crippen molar-refractivity contribution in [3.05, 3.63) is 0 Å². The third-order valence-electron chi connectivity index (χ3n) is 4.38.